The second kappa shape index (κ2) is 9.00. The van der Waals surface area contributed by atoms with Crippen LogP contribution in [0.2, 0.25) is 0 Å². The Labute approximate surface area is 159 Å². The van der Waals surface area contributed by atoms with Crippen LogP contribution in [-0.2, 0) is 11.2 Å². The topological polar surface area (TPSA) is 94.5 Å². The summed E-state index contributed by atoms with van der Waals surface area (Å²) in [4.78, 5) is 18.7. The molecule has 2 atom stereocenters. The van der Waals surface area contributed by atoms with Crippen molar-refractivity contribution in [1.82, 2.24) is 15.0 Å². The molecule has 2 aromatic rings. The number of likely N-dealkylation sites (tertiary alicyclic amines) is 1. The van der Waals surface area contributed by atoms with Crippen LogP contribution in [0, 0.1) is 5.92 Å². The number of aromatic nitrogens is 2. The molecule has 1 aromatic carbocycles. The minimum absolute atomic E-state index is 0. The number of rotatable bonds is 6. The van der Waals surface area contributed by atoms with Crippen LogP contribution in [0.5, 0.6) is 5.75 Å². The summed E-state index contributed by atoms with van der Waals surface area (Å²) < 4.78 is 10.4. The van der Waals surface area contributed by atoms with Gasteiger partial charge in [0.15, 0.2) is 0 Å². The number of methoxy groups -OCH3 is 1. The van der Waals surface area contributed by atoms with Crippen molar-refractivity contribution in [2.24, 2.45) is 11.7 Å². The molecule has 1 fully saturated rings. The van der Waals surface area contributed by atoms with Crippen LogP contribution in [0.3, 0.4) is 0 Å². The average molecular weight is 381 g/mol. The Morgan fingerprint density at radius 3 is 2.73 bits per heavy atom. The van der Waals surface area contributed by atoms with Gasteiger partial charge in [0.25, 0.3) is 0 Å². The number of nitrogens with zero attached hydrogens (tertiary/aromatic N) is 3. The van der Waals surface area contributed by atoms with E-state index in [2.05, 4.69) is 17.1 Å². The van der Waals surface area contributed by atoms with E-state index in [0.29, 0.717) is 37.0 Å². The SMILES string of the molecule is COc1ccc(-c2noc(CCC(=O)N3CC(CN)CC3C)n2)cc1.Cl. The summed E-state index contributed by atoms with van der Waals surface area (Å²) in [7, 11) is 1.62. The van der Waals surface area contributed by atoms with Gasteiger partial charge in [0.05, 0.1) is 7.11 Å². The molecular weight excluding hydrogens is 356 g/mol. The van der Waals surface area contributed by atoms with Gasteiger partial charge < -0.3 is 19.9 Å². The first-order valence-corrected chi connectivity index (χ1v) is 8.57. The Bertz CT molecular complexity index is 719. The third-order valence-electron chi connectivity index (χ3n) is 4.68. The van der Waals surface area contributed by atoms with E-state index in [1.807, 2.05) is 29.2 Å². The zero-order valence-electron chi connectivity index (χ0n) is 15.1. The zero-order valence-corrected chi connectivity index (χ0v) is 15.9. The average Bonchev–Trinajstić information content (AvgIpc) is 3.26. The van der Waals surface area contributed by atoms with Crippen molar-refractivity contribution in [1.29, 1.82) is 0 Å². The minimum atomic E-state index is 0. The van der Waals surface area contributed by atoms with Crippen LogP contribution in [0.25, 0.3) is 11.4 Å². The maximum atomic E-state index is 12.4. The van der Waals surface area contributed by atoms with Crippen LogP contribution in [0.4, 0.5) is 0 Å². The Morgan fingerprint density at radius 2 is 2.12 bits per heavy atom. The summed E-state index contributed by atoms with van der Waals surface area (Å²) >= 11 is 0. The molecule has 2 unspecified atom stereocenters. The second-order valence-corrected chi connectivity index (χ2v) is 6.47. The molecule has 8 heteroatoms. The normalized spacial score (nSPS) is 19.3. The molecule has 2 N–H and O–H groups in total. The minimum Gasteiger partial charge on any atom is -0.497 e. The van der Waals surface area contributed by atoms with Gasteiger partial charge in [0.1, 0.15) is 5.75 Å². The molecule has 142 valence electrons. The highest BCUT2D eigenvalue weighted by Gasteiger charge is 2.31. The predicted octanol–water partition coefficient (Wildman–Crippen LogP) is 2.30. The number of nitrogens with two attached hydrogens (primary N) is 1. The van der Waals surface area contributed by atoms with Crippen LogP contribution in [0.1, 0.15) is 25.7 Å². The largest absolute Gasteiger partial charge is 0.497 e. The van der Waals surface area contributed by atoms with Crippen molar-refractivity contribution >= 4 is 18.3 Å². The molecule has 0 spiro atoms. The van der Waals surface area contributed by atoms with Gasteiger partial charge in [-0.2, -0.15) is 4.98 Å². The Kier molecular flexibility index (Phi) is 6.99. The first kappa shape index (κ1) is 20.2. The van der Waals surface area contributed by atoms with E-state index in [0.717, 1.165) is 24.3 Å². The number of aryl methyl sites for hydroxylation is 1. The molecule has 7 nitrogen and oxygen atoms in total. The molecule has 1 aromatic heterocycles. The highest BCUT2D eigenvalue weighted by Crippen LogP contribution is 2.24. The van der Waals surface area contributed by atoms with Gasteiger partial charge in [-0.25, -0.2) is 0 Å². The van der Waals surface area contributed by atoms with Gasteiger partial charge in [-0.3, -0.25) is 4.79 Å². The Morgan fingerprint density at radius 1 is 1.38 bits per heavy atom. The number of halogens is 1. The Hall–Kier alpha value is -2.12. The molecule has 1 aliphatic rings. The molecule has 2 heterocycles. The molecular formula is C18H25ClN4O3. The molecule has 3 rings (SSSR count). The third kappa shape index (κ3) is 4.53. The molecule has 1 aliphatic heterocycles. The van der Waals surface area contributed by atoms with Crippen molar-refractivity contribution in [3.63, 3.8) is 0 Å². The number of carbonyl (C=O) groups excluding carboxylic acids is 1. The van der Waals surface area contributed by atoms with E-state index in [4.69, 9.17) is 15.0 Å². The lowest BCUT2D eigenvalue weighted by molar-refractivity contribution is -0.131. The van der Waals surface area contributed by atoms with E-state index >= 15 is 0 Å². The maximum Gasteiger partial charge on any atom is 0.227 e. The number of benzene rings is 1. The van der Waals surface area contributed by atoms with Gasteiger partial charge in [0.2, 0.25) is 17.6 Å². The van der Waals surface area contributed by atoms with E-state index in [-0.39, 0.29) is 24.4 Å². The summed E-state index contributed by atoms with van der Waals surface area (Å²) in [5.41, 5.74) is 6.57. The van der Waals surface area contributed by atoms with Crippen LogP contribution < -0.4 is 10.5 Å². The van der Waals surface area contributed by atoms with Crippen molar-refractivity contribution in [2.45, 2.75) is 32.2 Å². The lowest BCUT2D eigenvalue weighted by Gasteiger charge is -2.21. The monoisotopic (exact) mass is 380 g/mol. The third-order valence-corrected chi connectivity index (χ3v) is 4.68. The lowest BCUT2D eigenvalue weighted by atomic mass is 10.1. The Balaban J connectivity index is 0.00000243. The van der Waals surface area contributed by atoms with Crippen LogP contribution in [0.15, 0.2) is 28.8 Å². The predicted molar refractivity (Wildman–Crippen MR) is 100 cm³/mol. The first-order chi connectivity index (χ1) is 12.1. The number of amides is 1. The molecule has 26 heavy (non-hydrogen) atoms. The smallest absolute Gasteiger partial charge is 0.227 e. The van der Waals surface area contributed by atoms with Gasteiger partial charge in [-0.1, -0.05) is 5.16 Å². The van der Waals surface area contributed by atoms with Crippen molar-refractivity contribution in [3.8, 4) is 17.1 Å². The molecule has 0 radical (unpaired) electrons. The molecule has 1 saturated heterocycles. The lowest BCUT2D eigenvalue weighted by Crippen LogP contribution is -2.34. The fourth-order valence-electron chi connectivity index (χ4n) is 3.23. The van der Waals surface area contributed by atoms with Crippen molar-refractivity contribution in [3.05, 3.63) is 30.2 Å². The molecule has 1 amide bonds. The first-order valence-electron chi connectivity index (χ1n) is 8.57. The zero-order chi connectivity index (χ0) is 17.8. The quantitative estimate of drug-likeness (QED) is 0.826. The van der Waals surface area contributed by atoms with Crippen molar-refractivity contribution in [2.75, 3.05) is 20.2 Å². The summed E-state index contributed by atoms with van der Waals surface area (Å²) in [5.74, 6) is 2.29. The summed E-state index contributed by atoms with van der Waals surface area (Å²) in [5, 5.41) is 3.99. The van der Waals surface area contributed by atoms with Gasteiger partial charge in [-0.05, 0) is 50.1 Å². The van der Waals surface area contributed by atoms with Gasteiger partial charge in [-0.15, -0.1) is 12.4 Å². The maximum absolute atomic E-state index is 12.4. The number of hydrogen-bond donors (Lipinski definition) is 1. The number of carbonyl (C=O) groups is 1. The highest BCUT2D eigenvalue weighted by molar-refractivity contribution is 5.85. The second-order valence-electron chi connectivity index (χ2n) is 6.47. The van der Waals surface area contributed by atoms with E-state index in [1.165, 1.54) is 0 Å². The molecule has 0 aliphatic carbocycles. The summed E-state index contributed by atoms with van der Waals surface area (Å²) in [6.07, 6.45) is 1.79. The van der Waals surface area contributed by atoms with Crippen LogP contribution >= 0.6 is 12.4 Å². The molecule has 0 bridgehead atoms. The number of hydrogen-bond acceptors (Lipinski definition) is 6. The number of ether oxygens (including phenoxy) is 1. The van der Waals surface area contributed by atoms with Crippen LogP contribution in [-0.4, -0.2) is 47.2 Å². The highest BCUT2D eigenvalue weighted by atomic mass is 35.5. The van der Waals surface area contributed by atoms with Gasteiger partial charge >= 0.3 is 0 Å². The molecule has 0 saturated carbocycles. The van der Waals surface area contributed by atoms with E-state index in [9.17, 15) is 4.79 Å². The van der Waals surface area contributed by atoms with E-state index < -0.39 is 0 Å². The van der Waals surface area contributed by atoms with Crippen molar-refractivity contribution < 1.29 is 14.1 Å². The fraction of sp³-hybridized carbons (Fsp3) is 0.500. The van der Waals surface area contributed by atoms with E-state index in [1.54, 1.807) is 7.11 Å². The summed E-state index contributed by atoms with van der Waals surface area (Å²) in [6, 6.07) is 7.68. The standard InChI is InChI=1S/C18H24N4O3.ClH/c1-12-9-13(10-19)11-22(12)17(23)8-7-16-20-18(21-25-16)14-3-5-15(24-2)6-4-14;/h3-6,12-13H,7-11,19H2,1-2H3;1H. The fourth-order valence-corrected chi connectivity index (χ4v) is 3.23. The summed E-state index contributed by atoms with van der Waals surface area (Å²) in [6.45, 7) is 3.45. The van der Waals surface area contributed by atoms with Gasteiger partial charge in [0, 0.05) is 31.0 Å².